The molecule has 2 amide bonds. The highest BCUT2D eigenvalue weighted by Gasteiger charge is 2.45. The van der Waals surface area contributed by atoms with Crippen molar-refractivity contribution in [1.82, 2.24) is 14.7 Å². The third kappa shape index (κ3) is 3.85. The Morgan fingerprint density at radius 1 is 1.45 bits per heavy atom. The van der Waals surface area contributed by atoms with Gasteiger partial charge in [0.25, 0.3) is 5.92 Å². The van der Waals surface area contributed by atoms with Gasteiger partial charge in [-0.2, -0.15) is 13.9 Å². The van der Waals surface area contributed by atoms with Crippen LogP contribution < -0.4 is 5.32 Å². The molecule has 2 aliphatic rings. The molecule has 7 nitrogen and oxygen atoms in total. The number of hydrogen-bond acceptors (Lipinski definition) is 3. The van der Waals surface area contributed by atoms with E-state index in [0.717, 1.165) is 6.07 Å². The van der Waals surface area contributed by atoms with Gasteiger partial charge >= 0.3 is 6.03 Å². The molecule has 1 aromatic heterocycles. The average molecular weight is 433 g/mol. The summed E-state index contributed by atoms with van der Waals surface area (Å²) in [5.41, 5.74) is 0.760. The molecule has 0 saturated heterocycles. The van der Waals surface area contributed by atoms with Crippen molar-refractivity contribution in [1.29, 1.82) is 0 Å². The highest BCUT2D eigenvalue weighted by atomic mass is 19.3. The van der Waals surface area contributed by atoms with Gasteiger partial charge in [0.15, 0.2) is 0 Å². The fourth-order valence-corrected chi connectivity index (χ4v) is 4.33. The number of carbonyl (C=O) groups excluding carboxylic acids is 1. The van der Waals surface area contributed by atoms with E-state index < -0.39 is 30.1 Å². The van der Waals surface area contributed by atoms with E-state index in [1.807, 2.05) is 6.92 Å². The highest BCUT2D eigenvalue weighted by molar-refractivity contribution is 5.90. The molecule has 0 aliphatic carbocycles. The van der Waals surface area contributed by atoms with Crippen molar-refractivity contribution >= 4 is 17.4 Å². The maximum absolute atomic E-state index is 15.1. The van der Waals surface area contributed by atoms with Crippen LogP contribution in [0.2, 0.25) is 0 Å². The zero-order chi connectivity index (χ0) is 22.3. The molecule has 0 bridgehead atoms. The molecular formula is C21H22F3N5O2. The lowest BCUT2D eigenvalue weighted by Gasteiger charge is -2.34. The van der Waals surface area contributed by atoms with Gasteiger partial charge < -0.3 is 15.3 Å². The molecule has 2 N–H and O–H groups in total. The number of amides is 2. The Balaban J connectivity index is 1.61. The molecule has 2 aliphatic heterocycles. The van der Waals surface area contributed by atoms with Crippen molar-refractivity contribution in [3.63, 3.8) is 0 Å². The Hall–Kier alpha value is -3.06. The number of rotatable bonds is 2. The van der Waals surface area contributed by atoms with Crippen LogP contribution >= 0.6 is 0 Å². The van der Waals surface area contributed by atoms with Gasteiger partial charge in [0.05, 0.1) is 18.8 Å². The summed E-state index contributed by atoms with van der Waals surface area (Å²) in [5.74, 6) is -4.35. The Morgan fingerprint density at radius 3 is 2.94 bits per heavy atom. The van der Waals surface area contributed by atoms with E-state index in [4.69, 9.17) is 6.57 Å². The monoisotopic (exact) mass is 433 g/mol. The highest BCUT2D eigenvalue weighted by Crippen LogP contribution is 2.42. The molecule has 2 atom stereocenters. The summed E-state index contributed by atoms with van der Waals surface area (Å²) in [6.07, 6.45) is 0.282. The van der Waals surface area contributed by atoms with E-state index in [-0.39, 0.29) is 36.3 Å². The topological polar surface area (TPSA) is 74.8 Å². The molecule has 1 unspecified atom stereocenters. The number of anilines is 1. The smallest absolute Gasteiger partial charge is 0.322 e. The average Bonchev–Trinajstić information content (AvgIpc) is 3.03. The Kier molecular flexibility index (Phi) is 5.39. The first-order valence-corrected chi connectivity index (χ1v) is 10.1. The normalized spacial score (nSPS) is 22.1. The van der Waals surface area contributed by atoms with Gasteiger partial charge in [-0.25, -0.2) is 14.0 Å². The van der Waals surface area contributed by atoms with Gasteiger partial charge in [0.1, 0.15) is 11.5 Å². The molecule has 10 heteroatoms. The number of nitrogens with zero attached hydrogens (tertiary/aromatic N) is 4. The van der Waals surface area contributed by atoms with Gasteiger partial charge in [-0.1, -0.05) is 0 Å². The summed E-state index contributed by atoms with van der Waals surface area (Å²) in [6.45, 7) is 8.75. The van der Waals surface area contributed by atoms with Crippen LogP contribution in [0, 0.1) is 18.3 Å². The van der Waals surface area contributed by atoms with Crippen molar-refractivity contribution in [3.05, 3.63) is 52.4 Å². The van der Waals surface area contributed by atoms with Crippen molar-refractivity contribution in [2.75, 3.05) is 11.9 Å². The minimum atomic E-state index is -3.16. The number of carbonyl (C=O) groups is 1. The number of benzene rings is 1. The maximum atomic E-state index is 15.1. The third-order valence-electron chi connectivity index (χ3n) is 5.96. The number of aromatic nitrogens is 2. The van der Waals surface area contributed by atoms with Crippen molar-refractivity contribution in [2.24, 2.45) is 5.92 Å². The van der Waals surface area contributed by atoms with Crippen LogP contribution in [0.4, 0.5) is 29.3 Å². The first kappa shape index (κ1) is 21.2. The van der Waals surface area contributed by atoms with E-state index in [2.05, 4.69) is 15.3 Å². The predicted octanol–water partition coefficient (Wildman–Crippen LogP) is 4.05. The first-order valence-electron chi connectivity index (χ1n) is 10.1. The molecule has 0 fully saturated rings. The molecule has 0 spiro atoms. The van der Waals surface area contributed by atoms with Crippen LogP contribution in [0.1, 0.15) is 36.7 Å². The van der Waals surface area contributed by atoms with Gasteiger partial charge in [0.2, 0.25) is 5.69 Å². The number of alkyl halides is 2. The number of hydrogen-bond donors (Lipinski definition) is 2. The van der Waals surface area contributed by atoms with Crippen molar-refractivity contribution < 1.29 is 23.1 Å². The lowest BCUT2D eigenvalue weighted by molar-refractivity contribution is -0.0386. The zero-order valence-corrected chi connectivity index (χ0v) is 16.9. The summed E-state index contributed by atoms with van der Waals surface area (Å²) in [5, 5.41) is 16.4. The minimum Gasteiger partial charge on any atom is -0.396 e. The van der Waals surface area contributed by atoms with Crippen LogP contribution in [-0.2, 0) is 25.4 Å². The van der Waals surface area contributed by atoms with Crippen molar-refractivity contribution in [3.8, 4) is 0 Å². The molecule has 4 rings (SSSR count). The molecule has 31 heavy (non-hydrogen) atoms. The lowest BCUT2D eigenvalue weighted by Crippen LogP contribution is -2.45. The fourth-order valence-electron chi connectivity index (χ4n) is 4.33. The zero-order valence-electron chi connectivity index (χ0n) is 16.9. The van der Waals surface area contributed by atoms with Gasteiger partial charge in [-0.05, 0) is 37.5 Å². The van der Waals surface area contributed by atoms with E-state index in [1.54, 1.807) is 0 Å². The largest absolute Gasteiger partial charge is 0.396 e. The number of urea groups is 1. The molecule has 164 valence electrons. The molecular weight excluding hydrogens is 411 g/mol. The van der Waals surface area contributed by atoms with Gasteiger partial charge in [0, 0.05) is 43.3 Å². The fraction of sp³-hybridized carbons (Fsp3) is 0.476. The SMILES string of the molecule is [C-]#[N+]c1cc(NC(=O)N2Cc3c(nn4c3C(F)(F)C[C@H](CO)CC4)CC2C)ccc1F. The second-order valence-corrected chi connectivity index (χ2v) is 8.13. The summed E-state index contributed by atoms with van der Waals surface area (Å²) < 4.78 is 45.0. The van der Waals surface area contributed by atoms with Gasteiger partial charge in [-0.3, -0.25) is 4.68 Å². The number of aliphatic hydroxyl groups excluding tert-OH is 1. The van der Waals surface area contributed by atoms with Crippen LogP contribution in [0.15, 0.2) is 18.2 Å². The third-order valence-corrected chi connectivity index (χ3v) is 5.96. The predicted molar refractivity (Wildman–Crippen MR) is 106 cm³/mol. The molecule has 3 heterocycles. The summed E-state index contributed by atoms with van der Waals surface area (Å²) >= 11 is 0. The number of aryl methyl sites for hydroxylation is 1. The number of aliphatic hydroxyl groups is 1. The number of halogens is 3. The lowest BCUT2D eigenvalue weighted by atomic mass is 9.93. The molecule has 2 aromatic rings. The first-order chi connectivity index (χ1) is 14.7. The molecule has 0 saturated carbocycles. The minimum absolute atomic E-state index is 0.0338. The second kappa shape index (κ2) is 7.89. The standard InChI is InChI=1S/C21H22F3N5O2/c1-12-7-17-15(19-21(23,24)9-13(11-30)5-6-29(19)27-17)10-28(12)20(31)26-14-3-4-16(22)18(8-14)25-2/h3-4,8,12-13,30H,5-7,9-11H2,1H3,(H,26,31)/t12?,13-/m1/s1. The van der Waals surface area contributed by atoms with Gasteiger partial charge in [-0.15, -0.1) is 0 Å². The van der Waals surface area contributed by atoms with Crippen LogP contribution in [0.25, 0.3) is 4.85 Å². The summed E-state index contributed by atoms with van der Waals surface area (Å²) in [4.78, 5) is 17.4. The maximum Gasteiger partial charge on any atom is 0.322 e. The number of nitrogens with one attached hydrogen (secondary N) is 1. The van der Waals surface area contributed by atoms with Crippen LogP contribution in [0.5, 0.6) is 0 Å². The van der Waals surface area contributed by atoms with Crippen LogP contribution in [-0.4, -0.2) is 38.5 Å². The molecule has 0 radical (unpaired) electrons. The van der Waals surface area contributed by atoms with E-state index in [9.17, 15) is 14.3 Å². The molecule has 1 aromatic carbocycles. The summed E-state index contributed by atoms with van der Waals surface area (Å²) in [7, 11) is 0. The Labute approximate surface area is 177 Å². The van der Waals surface area contributed by atoms with E-state index >= 15 is 8.78 Å². The Morgan fingerprint density at radius 2 is 2.23 bits per heavy atom. The second-order valence-electron chi connectivity index (χ2n) is 8.13. The van der Waals surface area contributed by atoms with Crippen LogP contribution in [0.3, 0.4) is 0 Å². The van der Waals surface area contributed by atoms with E-state index in [0.29, 0.717) is 30.6 Å². The number of fused-ring (bicyclic) bond motifs is 3. The Bertz CT molecular complexity index is 1060. The summed E-state index contributed by atoms with van der Waals surface area (Å²) in [6, 6.07) is 2.86. The van der Waals surface area contributed by atoms with Crippen molar-refractivity contribution in [2.45, 2.75) is 51.2 Å². The quantitative estimate of drug-likeness (QED) is 0.702. The van der Waals surface area contributed by atoms with E-state index in [1.165, 1.54) is 21.7 Å².